The smallest absolute Gasteiger partial charge is 0.225 e. The molecule has 0 spiro atoms. The molecule has 1 saturated heterocycles. The average Bonchev–Trinajstić information content (AvgIpc) is 2.28. The minimum absolute atomic E-state index is 0.155. The first-order chi connectivity index (χ1) is 7.56. The molecular weight excluding hydrogens is 268 g/mol. The lowest BCUT2D eigenvalue weighted by Crippen LogP contribution is -2.50. The lowest BCUT2D eigenvalue weighted by atomic mass is 9.96. The number of amides is 1. The van der Waals surface area contributed by atoms with E-state index >= 15 is 0 Å². The molecular formula is C12H23BrN2O. The normalized spacial score (nSPS) is 20.2. The van der Waals surface area contributed by atoms with Crippen LogP contribution >= 0.6 is 15.9 Å². The van der Waals surface area contributed by atoms with Crippen molar-refractivity contribution < 1.29 is 4.79 Å². The fourth-order valence-corrected chi connectivity index (χ4v) is 2.39. The van der Waals surface area contributed by atoms with Gasteiger partial charge in [-0.1, -0.05) is 36.7 Å². The van der Waals surface area contributed by atoms with Crippen molar-refractivity contribution in [1.29, 1.82) is 0 Å². The maximum absolute atomic E-state index is 12.1. The van der Waals surface area contributed by atoms with Gasteiger partial charge in [-0.15, -0.1) is 0 Å². The first-order valence-electron chi connectivity index (χ1n) is 6.13. The van der Waals surface area contributed by atoms with Crippen molar-refractivity contribution in [3.8, 4) is 0 Å². The van der Waals surface area contributed by atoms with Crippen LogP contribution in [-0.4, -0.2) is 53.8 Å². The molecule has 1 unspecified atom stereocenters. The van der Waals surface area contributed by atoms with Gasteiger partial charge >= 0.3 is 0 Å². The molecule has 0 radical (unpaired) electrons. The average molecular weight is 291 g/mol. The Kier molecular flexibility index (Phi) is 5.76. The molecule has 1 atom stereocenters. The number of nitrogens with zero attached hydrogens (tertiary/aromatic N) is 2. The van der Waals surface area contributed by atoms with E-state index in [0.717, 1.165) is 38.1 Å². The molecule has 1 rings (SSSR count). The summed E-state index contributed by atoms with van der Waals surface area (Å²) >= 11 is 3.45. The van der Waals surface area contributed by atoms with Crippen LogP contribution in [0.1, 0.15) is 20.8 Å². The zero-order valence-corrected chi connectivity index (χ0v) is 12.2. The SMILES string of the molecule is CC(C)C(C)C(=O)N1CCN(CCBr)CC1. The first-order valence-corrected chi connectivity index (χ1v) is 7.25. The van der Waals surface area contributed by atoms with E-state index in [1.807, 2.05) is 11.8 Å². The molecule has 0 saturated carbocycles. The predicted octanol–water partition coefficient (Wildman–Crippen LogP) is 1.82. The van der Waals surface area contributed by atoms with Crippen molar-refractivity contribution in [3.05, 3.63) is 0 Å². The Morgan fingerprint density at radius 2 is 1.75 bits per heavy atom. The molecule has 0 N–H and O–H groups in total. The number of alkyl halides is 1. The second-order valence-corrected chi connectivity index (χ2v) is 5.68. The zero-order chi connectivity index (χ0) is 12.1. The van der Waals surface area contributed by atoms with Gasteiger partial charge in [-0.05, 0) is 5.92 Å². The summed E-state index contributed by atoms with van der Waals surface area (Å²) in [6, 6.07) is 0. The summed E-state index contributed by atoms with van der Waals surface area (Å²) in [4.78, 5) is 16.5. The van der Waals surface area contributed by atoms with Crippen LogP contribution in [0.5, 0.6) is 0 Å². The highest BCUT2D eigenvalue weighted by molar-refractivity contribution is 9.09. The lowest BCUT2D eigenvalue weighted by Gasteiger charge is -2.36. The Labute approximate surface area is 107 Å². The Bertz CT molecular complexity index is 225. The predicted molar refractivity (Wildman–Crippen MR) is 70.8 cm³/mol. The minimum Gasteiger partial charge on any atom is -0.340 e. The Morgan fingerprint density at radius 1 is 1.19 bits per heavy atom. The third-order valence-corrected chi connectivity index (χ3v) is 3.83. The van der Waals surface area contributed by atoms with E-state index in [4.69, 9.17) is 0 Å². The van der Waals surface area contributed by atoms with E-state index in [1.165, 1.54) is 0 Å². The van der Waals surface area contributed by atoms with Gasteiger partial charge in [-0.3, -0.25) is 9.69 Å². The molecule has 4 heteroatoms. The number of halogens is 1. The molecule has 1 aliphatic heterocycles. The minimum atomic E-state index is 0.155. The molecule has 1 heterocycles. The molecule has 1 fully saturated rings. The topological polar surface area (TPSA) is 23.6 Å². The molecule has 16 heavy (non-hydrogen) atoms. The van der Waals surface area contributed by atoms with Gasteiger partial charge < -0.3 is 4.90 Å². The van der Waals surface area contributed by atoms with E-state index < -0.39 is 0 Å². The number of carbonyl (C=O) groups is 1. The molecule has 0 aliphatic carbocycles. The van der Waals surface area contributed by atoms with Crippen molar-refractivity contribution in [3.63, 3.8) is 0 Å². The van der Waals surface area contributed by atoms with E-state index in [0.29, 0.717) is 11.8 Å². The van der Waals surface area contributed by atoms with Gasteiger partial charge in [0.25, 0.3) is 0 Å². The fraction of sp³-hybridized carbons (Fsp3) is 0.917. The molecule has 3 nitrogen and oxygen atoms in total. The van der Waals surface area contributed by atoms with Gasteiger partial charge in [0, 0.05) is 44.0 Å². The molecule has 1 aliphatic rings. The lowest BCUT2D eigenvalue weighted by molar-refractivity contribution is -0.138. The molecule has 94 valence electrons. The maximum Gasteiger partial charge on any atom is 0.225 e. The molecule has 0 aromatic heterocycles. The van der Waals surface area contributed by atoms with Crippen LogP contribution in [0, 0.1) is 11.8 Å². The maximum atomic E-state index is 12.1. The van der Waals surface area contributed by atoms with Crippen molar-refractivity contribution in [2.24, 2.45) is 11.8 Å². The second-order valence-electron chi connectivity index (χ2n) is 4.89. The molecule has 0 bridgehead atoms. The number of hydrogen-bond acceptors (Lipinski definition) is 2. The highest BCUT2D eigenvalue weighted by atomic mass is 79.9. The number of piperazine rings is 1. The van der Waals surface area contributed by atoms with Gasteiger partial charge in [0.1, 0.15) is 0 Å². The van der Waals surface area contributed by atoms with Crippen LogP contribution in [0.15, 0.2) is 0 Å². The summed E-state index contributed by atoms with van der Waals surface area (Å²) in [7, 11) is 0. The van der Waals surface area contributed by atoms with E-state index in [9.17, 15) is 4.79 Å². The summed E-state index contributed by atoms with van der Waals surface area (Å²) in [5.41, 5.74) is 0. The Morgan fingerprint density at radius 3 is 2.19 bits per heavy atom. The van der Waals surface area contributed by atoms with Crippen molar-refractivity contribution in [2.75, 3.05) is 38.1 Å². The molecule has 0 aromatic rings. The van der Waals surface area contributed by atoms with Gasteiger partial charge in [0.2, 0.25) is 5.91 Å². The second kappa shape index (κ2) is 6.60. The van der Waals surface area contributed by atoms with Crippen LogP contribution in [0.2, 0.25) is 0 Å². The van der Waals surface area contributed by atoms with E-state index in [-0.39, 0.29) is 5.92 Å². The third kappa shape index (κ3) is 3.74. The van der Waals surface area contributed by atoms with Crippen LogP contribution in [0.25, 0.3) is 0 Å². The highest BCUT2D eigenvalue weighted by Crippen LogP contribution is 2.14. The largest absolute Gasteiger partial charge is 0.340 e. The van der Waals surface area contributed by atoms with Crippen LogP contribution < -0.4 is 0 Å². The number of carbonyl (C=O) groups excluding carboxylic acids is 1. The van der Waals surface area contributed by atoms with Gasteiger partial charge in [-0.2, -0.15) is 0 Å². The standard InChI is InChI=1S/C12H23BrN2O/c1-10(2)11(3)12(16)15-8-6-14(5-4-13)7-9-15/h10-11H,4-9H2,1-3H3. The van der Waals surface area contributed by atoms with Crippen LogP contribution in [-0.2, 0) is 4.79 Å². The molecule has 0 aromatic carbocycles. The summed E-state index contributed by atoms with van der Waals surface area (Å²) in [5.74, 6) is 0.921. The van der Waals surface area contributed by atoms with E-state index in [1.54, 1.807) is 0 Å². The van der Waals surface area contributed by atoms with Crippen molar-refractivity contribution in [2.45, 2.75) is 20.8 Å². The van der Waals surface area contributed by atoms with Crippen LogP contribution in [0.3, 0.4) is 0 Å². The number of rotatable bonds is 4. The monoisotopic (exact) mass is 290 g/mol. The fourth-order valence-electron chi connectivity index (χ4n) is 1.88. The summed E-state index contributed by atoms with van der Waals surface area (Å²) in [6.45, 7) is 11.2. The molecule has 1 amide bonds. The van der Waals surface area contributed by atoms with Gasteiger partial charge in [0.15, 0.2) is 0 Å². The van der Waals surface area contributed by atoms with E-state index in [2.05, 4.69) is 34.7 Å². The van der Waals surface area contributed by atoms with Crippen molar-refractivity contribution >= 4 is 21.8 Å². The van der Waals surface area contributed by atoms with Crippen molar-refractivity contribution in [1.82, 2.24) is 9.80 Å². The first kappa shape index (κ1) is 14.0. The zero-order valence-electron chi connectivity index (χ0n) is 10.6. The van der Waals surface area contributed by atoms with Crippen LogP contribution in [0.4, 0.5) is 0 Å². The number of hydrogen-bond donors (Lipinski definition) is 0. The Hall–Kier alpha value is -0.0900. The summed E-state index contributed by atoms with van der Waals surface area (Å²) < 4.78 is 0. The summed E-state index contributed by atoms with van der Waals surface area (Å²) in [5, 5.41) is 1.02. The summed E-state index contributed by atoms with van der Waals surface area (Å²) in [6.07, 6.45) is 0. The van der Waals surface area contributed by atoms with Gasteiger partial charge in [-0.25, -0.2) is 0 Å². The quantitative estimate of drug-likeness (QED) is 0.738. The highest BCUT2D eigenvalue weighted by Gasteiger charge is 2.25. The third-order valence-electron chi connectivity index (χ3n) is 3.47. The van der Waals surface area contributed by atoms with Gasteiger partial charge in [0.05, 0.1) is 0 Å². The Balaban J connectivity index is 2.38.